The molecular weight excluding hydrogens is 244 g/mol. The molecular formula is C13H18N4O2. The van der Waals surface area contributed by atoms with Crippen LogP contribution in [0.3, 0.4) is 0 Å². The molecule has 0 amide bonds. The first-order chi connectivity index (χ1) is 8.97. The fourth-order valence-corrected chi connectivity index (χ4v) is 1.93. The number of benzene rings is 1. The average molecular weight is 262 g/mol. The van der Waals surface area contributed by atoms with Gasteiger partial charge in [-0.25, -0.2) is 0 Å². The Hall–Kier alpha value is -2.13. The van der Waals surface area contributed by atoms with Crippen LogP contribution in [-0.2, 0) is 6.54 Å². The Kier molecular flexibility index (Phi) is 5.27. The van der Waals surface area contributed by atoms with Crippen molar-refractivity contribution in [2.45, 2.75) is 13.5 Å². The van der Waals surface area contributed by atoms with Gasteiger partial charge >= 0.3 is 0 Å². The van der Waals surface area contributed by atoms with Crippen molar-refractivity contribution in [1.29, 1.82) is 5.26 Å². The van der Waals surface area contributed by atoms with E-state index in [1.165, 1.54) is 6.07 Å². The summed E-state index contributed by atoms with van der Waals surface area (Å²) in [5.41, 5.74) is 1.55. The lowest BCUT2D eigenvalue weighted by Gasteiger charge is -2.18. The van der Waals surface area contributed by atoms with E-state index < -0.39 is 4.92 Å². The third kappa shape index (κ3) is 4.23. The summed E-state index contributed by atoms with van der Waals surface area (Å²) in [4.78, 5) is 12.4. The summed E-state index contributed by atoms with van der Waals surface area (Å²) in [7, 11) is 3.59. The number of hydrogen-bond donors (Lipinski definition) is 1. The van der Waals surface area contributed by atoms with Gasteiger partial charge in [0.15, 0.2) is 0 Å². The van der Waals surface area contributed by atoms with Crippen molar-refractivity contribution >= 4 is 11.4 Å². The molecule has 1 N–H and O–H groups in total. The number of nitro groups is 1. The predicted octanol–water partition coefficient (Wildman–Crippen LogP) is 2.23. The second-order valence-electron chi connectivity index (χ2n) is 4.59. The third-order valence-electron chi connectivity index (χ3n) is 2.79. The van der Waals surface area contributed by atoms with Gasteiger partial charge in [0.2, 0.25) is 0 Å². The van der Waals surface area contributed by atoms with Gasteiger partial charge in [-0.1, -0.05) is 6.07 Å². The molecule has 0 bridgehead atoms. The number of nitriles is 1. The summed E-state index contributed by atoms with van der Waals surface area (Å²) in [5, 5.41) is 22.4. The molecule has 1 atom stereocenters. The fourth-order valence-electron chi connectivity index (χ4n) is 1.93. The van der Waals surface area contributed by atoms with E-state index in [9.17, 15) is 10.1 Å². The van der Waals surface area contributed by atoms with Crippen molar-refractivity contribution in [3.8, 4) is 6.07 Å². The summed E-state index contributed by atoms with van der Waals surface area (Å²) in [5.74, 6) is -0.0354. The Morgan fingerprint density at radius 2 is 2.26 bits per heavy atom. The number of rotatable bonds is 6. The quantitative estimate of drug-likeness (QED) is 0.628. The Bertz CT molecular complexity index is 496. The highest BCUT2D eigenvalue weighted by atomic mass is 16.6. The molecule has 6 heteroatoms. The van der Waals surface area contributed by atoms with E-state index in [2.05, 4.69) is 11.4 Å². The molecule has 6 nitrogen and oxygen atoms in total. The smallest absolute Gasteiger partial charge is 0.292 e. The molecule has 1 aromatic rings. The molecule has 0 aliphatic heterocycles. The van der Waals surface area contributed by atoms with Crippen LogP contribution < -0.4 is 5.32 Å². The normalized spacial score (nSPS) is 11.9. The molecule has 102 valence electrons. The molecule has 0 aliphatic carbocycles. The molecule has 19 heavy (non-hydrogen) atoms. The van der Waals surface area contributed by atoms with Crippen LogP contribution in [-0.4, -0.2) is 30.5 Å². The SMILES string of the molecule is CNc1cc(CN(C)CC(C)C#N)ccc1[N+](=O)[O-]. The largest absolute Gasteiger partial charge is 0.383 e. The zero-order chi connectivity index (χ0) is 14.4. The molecule has 0 spiro atoms. The van der Waals surface area contributed by atoms with Crippen molar-refractivity contribution < 1.29 is 4.92 Å². The second kappa shape index (κ2) is 6.71. The van der Waals surface area contributed by atoms with Gasteiger partial charge < -0.3 is 10.2 Å². The molecule has 0 saturated carbocycles. The van der Waals surface area contributed by atoms with E-state index in [1.807, 2.05) is 18.9 Å². The maximum atomic E-state index is 10.8. The molecule has 0 aliphatic rings. The Labute approximate surface area is 112 Å². The molecule has 0 radical (unpaired) electrons. The molecule has 1 aromatic carbocycles. The van der Waals surface area contributed by atoms with Crippen molar-refractivity contribution in [3.63, 3.8) is 0 Å². The minimum absolute atomic E-state index is 0.0354. The van der Waals surface area contributed by atoms with Gasteiger partial charge in [0, 0.05) is 26.2 Å². The number of hydrogen-bond acceptors (Lipinski definition) is 5. The van der Waals surface area contributed by atoms with Gasteiger partial charge in [-0.05, 0) is 25.6 Å². The Morgan fingerprint density at radius 3 is 2.79 bits per heavy atom. The van der Waals surface area contributed by atoms with Gasteiger partial charge in [0.05, 0.1) is 16.9 Å². The van der Waals surface area contributed by atoms with Gasteiger partial charge in [-0.15, -0.1) is 0 Å². The van der Waals surface area contributed by atoms with Crippen LogP contribution in [0.2, 0.25) is 0 Å². The summed E-state index contributed by atoms with van der Waals surface area (Å²) in [6.07, 6.45) is 0. The lowest BCUT2D eigenvalue weighted by molar-refractivity contribution is -0.384. The van der Waals surface area contributed by atoms with Crippen molar-refractivity contribution in [2.75, 3.05) is 26.0 Å². The van der Waals surface area contributed by atoms with Crippen molar-refractivity contribution in [1.82, 2.24) is 4.90 Å². The number of anilines is 1. The Balaban J connectivity index is 2.80. The molecule has 0 heterocycles. The lowest BCUT2D eigenvalue weighted by atomic mass is 10.1. The van der Waals surface area contributed by atoms with Crippen LogP contribution in [0.25, 0.3) is 0 Å². The number of nitrogens with one attached hydrogen (secondary N) is 1. The minimum Gasteiger partial charge on any atom is -0.383 e. The van der Waals surface area contributed by atoms with E-state index in [-0.39, 0.29) is 11.6 Å². The van der Waals surface area contributed by atoms with Crippen LogP contribution in [0.15, 0.2) is 18.2 Å². The zero-order valence-electron chi connectivity index (χ0n) is 11.4. The van der Waals surface area contributed by atoms with Crippen molar-refractivity contribution in [3.05, 3.63) is 33.9 Å². The summed E-state index contributed by atoms with van der Waals surface area (Å²) < 4.78 is 0. The van der Waals surface area contributed by atoms with E-state index >= 15 is 0 Å². The van der Waals surface area contributed by atoms with Crippen LogP contribution in [0.4, 0.5) is 11.4 Å². The third-order valence-corrected chi connectivity index (χ3v) is 2.79. The zero-order valence-corrected chi connectivity index (χ0v) is 11.4. The van der Waals surface area contributed by atoms with Gasteiger partial charge in [-0.3, -0.25) is 10.1 Å². The molecule has 1 rings (SSSR count). The Morgan fingerprint density at radius 1 is 1.58 bits per heavy atom. The van der Waals surface area contributed by atoms with Gasteiger partial charge in [-0.2, -0.15) is 5.26 Å². The highest BCUT2D eigenvalue weighted by molar-refractivity contribution is 5.62. The lowest BCUT2D eigenvalue weighted by Crippen LogP contribution is -2.23. The second-order valence-corrected chi connectivity index (χ2v) is 4.59. The topological polar surface area (TPSA) is 82.2 Å². The summed E-state index contributed by atoms with van der Waals surface area (Å²) in [6, 6.07) is 7.20. The maximum Gasteiger partial charge on any atom is 0.292 e. The predicted molar refractivity (Wildman–Crippen MR) is 73.8 cm³/mol. The van der Waals surface area contributed by atoms with Crippen LogP contribution in [0.5, 0.6) is 0 Å². The van der Waals surface area contributed by atoms with E-state index in [4.69, 9.17) is 5.26 Å². The average Bonchev–Trinajstić information content (AvgIpc) is 2.37. The first-order valence-electron chi connectivity index (χ1n) is 6.01. The summed E-state index contributed by atoms with van der Waals surface area (Å²) in [6.45, 7) is 3.19. The summed E-state index contributed by atoms with van der Waals surface area (Å²) >= 11 is 0. The van der Waals surface area contributed by atoms with E-state index in [1.54, 1.807) is 19.2 Å². The molecule has 1 unspecified atom stereocenters. The van der Waals surface area contributed by atoms with E-state index in [0.29, 0.717) is 18.8 Å². The van der Waals surface area contributed by atoms with Gasteiger partial charge in [0.1, 0.15) is 5.69 Å². The molecule has 0 fully saturated rings. The number of nitrogens with zero attached hydrogens (tertiary/aromatic N) is 3. The first-order valence-corrected chi connectivity index (χ1v) is 6.01. The van der Waals surface area contributed by atoms with Gasteiger partial charge in [0.25, 0.3) is 5.69 Å². The van der Waals surface area contributed by atoms with E-state index in [0.717, 1.165) is 5.56 Å². The monoisotopic (exact) mass is 262 g/mol. The maximum absolute atomic E-state index is 10.8. The van der Waals surface area contributed by atoms with Crippen LogP contribution in [0, 0.1) is 27.4 Å². The highest BCUT2D eigenvalue weighted by Crippen LogP contribution is 2.25. The van der Waals surface area contributed by atoms with Crippen LogP contribution in [0.1, 0.15) is 12.5 Å². The highest BCUT2D eigenvalue weighted by Gasteiger charge is 2.14. The fraction of sp³-hybridized carbons (Fsp3) is 0.462. The standard InChI is InChI=1S/C13H18N4O2/c1-10(7-14)8-16(3)9-11-4-5-13(17(18)19)12(6-11)15-2/h4-6,10,15H,8-9H2,1-3H3. The number of nitro benzene ring substituents is 1. The first kappa shape index (κ1) is 14.9. The molecule has 0 aromatic heterocycles. The minimum atomic E-state index is -0.406. The molecule has 0 saturated heterocycles. The van der Waals surface area contributed by atoms with Crippen LogP contribution >= 0.6 is 0 Å². The van der Waals surface area contributed by atoms with Crippen molar-refractivity contribution in [2.24, 2.45) is 5.92 Å².